The third kappa shape index (κ3) is 5.55. The van der Waals surface area contributed by atoms with Crippen LogP contribution in [0.5, 0.6) is 11.5 Å². The first-order valence-electron chi connectivity index (χ1n) is 9.47. The molecule has 3 rings (SSSR count). The Kier molecular flexibility index (Phi) is 7.05. The minimum atomic E-state index is -3.14. The number of halogens is 1. The first kappa shape index (κ1) is 22.2. The van der Waals surface area contributed by atoms with Crippen LogP contribution in [0.4, 0.5) is 0 Å². The maximum atomic E-state index is 13.0. The number of amides is 1. The molecule has 1 heterocycles. The predicted octanol–water partition coefficient (Wildman–Crippen LogP) is 3.59. The molecule has 1 unspecified atom stereocenters. The van der Waals surface area contributed by atoms with Crippen LogP contribution in [0, 0.1) is 0 Å². The second-order valence-corrected chi connectivity index (χ2v) is 9.76. The minimum Gasteiger partial charge on any atom is -0.493 e. The highest BCUT2D eigenvalue weighted by molar-refractivity contribution is 7.91. The van der Waals surface area contributed by atoms with Gasteiger partial charge >= 0.3 is 0 Å². The van der Waals surface area contributed by atoms with Crippen molar-refractivity contribution in [3.63, 3.8) is 0 Å². The Morgan fingerprint density at radius 1 is 1.13 bits per heavy atom. The van der Waals surface area contributed by atoms with E-state index in [2.05, 4.69) is 0 Å². The molecule has 1 aliphatic heterocycles. The van der Waals surface area contributed by atoms with Crippen LogP contribution in [0.2, 0.25) is 5.02 Å². The molecule has 0 aromatic heterocycles. The molecule has 1 amide bonds. The molecule has 1 fully saturated rings. The van der Waals surface area contributed by atoms with E-state index >= 15 is 0 Å². The van der Waals surface area contributed by atoms with Gasteiger partial charge in [-0.2, -0.15) is 0 Å². The number of carbonyl (C=O) groups is 1. The second-order valence-electron chi connectivity index (χ2n) is 7.10. The monoisotopic (exact) mass is 449 g/mol. The Hall–Kier alpha value is -2.51. The SMILES string of the molecule is COc1ccc(CN(C(=O)/C=C/c2ccc(Cl)cc2)C2CCS(=O)(=O)C2)cc1OC. The minimum absolute atomic E-state index is 0.0270. The van der Waals surface area contributed by atoms with Gasteiger partial charge in [-0.1, -0.05) is 29.8 Å². The van der Waals surface area contributed by atoms with Gasteiger partial charge in [0.2, 0.25) is 5.91 Å². The van der Waals surface area contributed by atoms with Gasteiger partial charge in [-0.15, -0.1) is 0 Å². The maximum Gasteiger partial charge on any atom is 0.247 e. The zero-order chi connectivity index (χ0) is 21.7. The lowest BCUT2D eigenvalue weighted by Crippen LogP contribution is -2.39. The largest absolute Gasteiger partial charge is 0.493 e. The smallest absolute Gasteiger partial charge is 0.247 e. The van der Waals surface area contributed by atoms with Gasteiger partial charge in [0.05, 0.1) is 25.7 Å². The molecule has 1 aliphatic rings. The molecule has 0 saturated carbocycles. The number of ether oxygens (including phenoxy) is 2. The quantitative estimate of drug-likeness (QED) is 0.604. The van der Waals surface area contributed by atoms with Gasteiger partial charge in [-0.25, -0.2) is 8.42 Å². The Balaban J connectivity index is 1.85. The van der Waals surface area contributed by atoms with E-state index in [0.717, 1.165) is 11.1 Å². The number of nitrogens with zero attached hydrogens (tertiary/aromatic N) is 1. The summed E-state index contributed by atoms with van der Waals surface area (Å²) < 4.78 is 34.6. The molecule has 2 aromatic rings. The number of rotatable bonds is 7. The van der Waals surface area contributed by atoms with Crippen LogP contribution < -0.4 is 9.47 Å². The molecule has 1 atom stereocenters. The van der Waals surface area contributed by atoms with Gasteiger partial charge in [0.25, 0.3) is 0 Å². The highest BCUT2D eigenvalue weighted by Crippen LogP contribution is 2.29. The van der Waals surface area contributed by atoms with Crippen LogP contribution in [-0.4, -0.2) is 51.0 Å². The number of sulfone groups is 1. The van der Waals surface area contributed by atoms with E-state index in [-0.39, 0.29) is 30.0 Å². The lowest BCUT2D eigenvalue weighted by atomic mass is 10.1. The molecule has 6 nitrogen and oxygen atoms in total. The molecule has 0 spiro atoms. The number of hydrogen-bond donors (Lipinski definition) is 0. The molecule has 1 saturated heterocycles. The zero-order valence-electron chi connectivity index (χ0n) is 16.9. The Morgan fingerprint density at radius 2 is 1.83 bits per heavy atom. The molecular formula is C22H24ClNO5S. The third-order valence-corrected chi connectivity index (χ3v) is 7.02. The first-order valence-corrected chi connectivity index (χ1v) is 11.7. The van der Waals surface area contributed by atoms with Crippen LogP contribution >= 0.6 is 11.6 Å². The van der Waals surface area contributed by atoms with Crippen LogP contribution in [0.25, 0.3) is 6.08 Å². The molecule has 160 valence electrons. The standard InChI is InChI=1S/C22H24ClNO5S/c1-28-20-9-5-17(13-21(20)29-2)14-24(19-11-12-30(26,27)15-19)22(25)10-6-16-3-7-18(23)8-4-16/h3-10,13,19H,11-12,14-15H2,1-2H3/b10-6+. The second kappa shape index (κ2) is 9.53. The number of carbonyl (C=O) groups excluding carboxylic acids is 1. The summed E-state index contributed by atoms with van der Waals surface area (Å²) in [6.07, 6.45) is 3.59. The van der Waals surface area contributed by atoms with Crippen molar-refractivity contribution in [1.82, 2.24) is 4.90 Å². The molecule has 0 radical (unpaired) electrons. The summed E-state index contributed by atoms with van der Waals surface area (Å²) in [5.74, 6) is 0.958. The molecule has 0 N–H and O–H groups in total. The molecule has 0 bridgehead atoms. The number of hydrogen-bond acceptors (Lipinski definition) is 5. The van der Waals surface area contributed by atoms with E-state index in [4.69, 9.17) is 21.1 Å². The van der Waals surface area contributed by atoms with Crippen molar-refractivity contribution < 1.29 is 22.7 Å². The third-order valence-electron chi connectivity index (χ3n) is 5.02. The van der Waals surface area contributed by atoms with Gasteiger partial charge in [0, 0.05) is 23.7 Å². The molecular weight excluding hydrogens is 426 g/mol. The van der Waals surface area contributed by atoms with Gasteiger partial charge in [0.1, 0.15) is 0 Å². The van der Waals surface area contributed by atoms with Crippen molar-refractivity contribution in [1.29, 1.82) is 0 Å². The summed E-state index contributed by atoms with van der Waals surface area (Å²) in [7, 11) is -0.0405. The maximum absolute atomic E-state index is 13.0. The van der Waals surface area contributed by atoms with Crippen LogP contribution in [0.15, 0.2) is 48.5 Å². The van der Waals surface area contributed by atoms with Crippen molar-refractivity contribution in [2.24, 2.45) is 0 Å². The topological polar surface area (TPSA) is 72.9 Å². The summed E-state index contributed by atoms with van der Waals surface area (Å²) >= 11 is 5.90. The Labute approximate surface area is 182 Å². The highest BCUT2D eigenvalue weighted by Gasteiger charge is 2.34. The van der Waals surface area contributed by atoms with Gasteiger partial charge in [-0.3, -0.25) is 4.79 Å². The Bertz CT molecular complexity index is 1030. The number of benzene rings is 2. The fourth-order valence-corrected chi connectivity index (χ4v) is 5.28. The molecule has 2 aromatic carbocycles. The normalized spacial score (nSPS) is 17.8. The van der Waals surface area contributed by atoms with E-state index in [1.165, 1.54) is 6.08 Å². The average molecular weight is 450 g/mol. The highest BCUT2D eigenvalue weighted by atomic mass is 35.5. The molecule has 30 heavy (non-hydrogen) atoms. The molecule has 8 heteroatoms. The van der Waals surface area contributed by atoms with Gasteiger partial charge in [0.15, 0.2) is 21.3 Å². The van der Waals surface area contributed by atoms with Crippen molar-refractivity contribution in [2.75, 3.05) is 25.7 Å². The fraction of sp³-hybridized carbons (Fsp3) is 0.318. The van der Waals surface area contributed by atoms with E-state index in [1.807, 2.05) is 18.2 Å². The fourth-order valence-electron chi connectivity index (χ4n) is 3.42. The zero-order valence-corrected chi connectivity index (χ0v) is 18.4. The van der Waals surface area contributed by atoms with Crippen LogP contribution in [0.3, 0.4) is 0 Å². The van der Waals surface area contributed by atoms with Crippen LogP contribution in [-0.2, 0) is 21.2 Å². The van der Waals surface area contributed by atoms with E-state index in [0.29, 0.717) is 22.9 Å². The van der Waals surface area contributed by atoms with Gasteiger partial charge in [-0.05, 0) is 47.9 Å². The van der Waals surface area contributed by atoms with Crippen molar-refractivity contribution in [3.05, 3.63) is 64.7 Å². The Morgan fingerprint density at radius 3 is 2.43 bits per heavy atom. The van der Waals surface area contributed by atoms with Gasteiger partial charge < -0.3 is 14.4 Å². The summed E-state index contributed by atoms with van der Waals surface area (Å²) in [5.41, 5.74) is 1.66. The molecule has 0 aliphatic carbocycles. The van der Waals surface area contributed by atoms with E-state index in [1.54, 1.807) is 49.5 Å². The van der Waals surface area contributed by atoms with E-state index < -0.39 is 9.84 Å². The first-order chi connectivity index (χ1) is 14.3. The number of methoxy groups -OCH3 is 2. The lowest BCUT2D eigenvalue weighted by Gasteiger charge is -2.27. The van der Waals surface area contributed by atoms with Crippen molar-refractivity contribution in [3.8, 4) is 11.5 Å². The van der Waals surface area contributed by atoms with Crippen molar-refractivity contribution >= 4 is 33.4 Å². The summed E-state index contributed by atoms with van der Waals surface area (Å²) in [4.78, 5) is 14.6. The lowest BCUT2D eigenvalue weighted by molar-refractivity contribution is -0.128. The van der Waals surface area contributed by atoms with Crippen LogP contribution in [0.1, 0.15) is 17.5 Å². The summed E-state index contributed by atoms with van der Waals surface area (Å²) in [5, 5.41) is 0.615. The van der Waals surface area contributed by atoms with Crippen molar-refractivity contribution in [2.45, 2.75) is 19.0 Å². The predicted molar refractivity (Wildman–Crippen MR) is 118 cm³/mol. The summed E-state index contributed by atoms with van der Waals surface area (Å²) in [6.45, 7) is 0.268. The summed E-state index contributed by atoms with van der Waals surface area (Å²) in [6, 6.07) is 12.2. The van der Waals surface area contributed by atoms with E-state index in [9.17, 15) is 13.2 Å². The average Bonchev–Trinajstić information content (AvgIpc) is 3.10.